The van der Waals surface area contributed by atoms with Gasteiger partial charge in [0.25, 0.3) is 6.43 Å². The number of carbonyl (C=O) groups is 1. The van der Waals surface area contributed by atoms with E-state index in [2.05, 4.69) is 0 Å². The standard InChI is InChI=1S/C11H11F3O2/c1-3-16-10-5-7(6(2)15)9(12)4-8(10)11(13)14/h4-5,11H,3H2,1-2H3. The third-order valence-electron chi connectivity index (χ3n) is 2.01. The van der Waals surface area contributed by atoms with Crippen LogP contribution in [0.5, 0.6) is 5.75 Å². The van der Waals surface area contributed by atoms with Gasteiger partial charge >= 0.3 is 0 Å². The van der Waals surface area contributed by atoms with Gasteiger partial charge in [-0.3, -0.25) is 4.79 Å². The fourth-order valence-corrected chi connectivity index (χ4v) is 1.29. The summed E-state index contributed by atoms with van der Waals surface area (Å²) in [5.74, 6) is -1.63. The van der Waals surface area contributed by atoms with Gasteiger partial charge in [-0.05, 0) is 26.0 Å². The SMILES string of the molecule is CCOc1cc(C(C)=O)c(F)cc1C(F)F. The molecule has 0 saturated carbocycles. The smallest absolute Gasteiger partial charge is 0.267 e. The molecule has 88 valence electrons. The predicted octanol–water partition coefficient (Wildman–Crippen LogP) is 3.36. The molecule has 0 radical (unpaired) electrons. The summed E-state index contributed by atoms with van der Waals surface area (Å²) in [5, 5.41) is 0. The largest absolute Gasteiger partial charge is 0.493 e. The minimum Gasteiger partial charge on any atom is -0.493 e. The molecule has 5 heteroatoms. The van der Waals surface area contributed by atoms with Gasteiger partial charge in [0.05, 0.1) is 17.7 Å². The summed E-state index contributed by atoms with van der Waals surface area (Å²) < 4.78 is 43.3. The van der Waals surface area contributed by atoms with Crippen molar-refractivity contribution in [3.05, 3.63) is 29.1 Å². The lowest BCUT2D eigenvalue weighted by molar-refractivity contribution is 0.101. The van der Waals surface area contributed by atoms with Gasteiger partial charge in [0, 0.05) is 0 Å². The summed E-state index contributed by atoms with van der Waals surface area (Å²) >= 11 is 0. The third-order valence-corrected chi connectivity index (χ3v) is 2.01. The minimum absolute atomic E-state index is 0.149. The Morgan fingerprint density at radius 1 is 1.44 bits per heavy atom. The molecule has 0 saturated heterocycles. The molecule has 0 N–H and O–H groups in total. The molecule has 0 aliphatic heterocycles. The van der Waals surface area contributed by atoms with E-state index in [4.69, 9.17) is 4.74 Å². The molecule has 1 rings (SSSR count). The Labute approximate surface area is 91.0 Å². The van der Waals surface area contributed by atoms with Crippen molar-refractivity contribution in [3.8, 4) is 5.75 Å². The first-order valence-corrected chi connectivity index (χ1v) is 4.72. The molecule has 0 heterocycles. The summed E-state index contributed by atoms with van der Waals surface area (Å²) in [5.41, 5.74) is -0.780. The van der Waals surface area contributed by atoms with Crippen molar-refractivity contribution < 1.29 is 22.7 Å². The number of Topliss-reactive ketones (excluding diaryl/α,β-unsaturated/α-hetero) is 1. The summed E-state index contributed by atoms with van der Waals surface area (Å²) in [6.07, 6.45) is -2.84. The predicted molar refractivity (Wildman–Crippen MR) is 52.5 cm³/mol. The van der Waals surface area contributed by atoms with E-state index in [0.29, 0.717) is 6.07 Å². The Hall–Kier alpha value is -1.52. The number of rotatable bonds is 4. The first-order chi connectivity index (χ1) is 7.47. The van der Waals surface area contributed by atoms with E-state index in [0.717, 1.165) is 13.0 Å². The number of alkyl halides is 2. The topological polar surface area (TPSA) is 26.3 Å². The van der Waals surface area contributed by atoms with Crippen LogP contribution in [-0.4, -0.2) is 12.4 Å². The zero-order valence-electron chi connectivity index (χ0n) is 8.89. The highest BCUT2D eigenvalue weighted by Gasteiger charge is 2.19. The number of hydrogen-bond donors (Lipinski definition) is 0. The molecular formula is C11H11F3O2. The Bertz CT molecular complexity index is 402. The van der Waals surface area contributed by atoms with Crippen molar-refractivity contribution in [3.63, 3.8) is 0 Å². The van der Waals surface area contributed by atoms with Gasteiger partial charge < -0.3 is 4.74 Å². The molecule has 1 aromatic rings. The molecule has 2 nitrogen and oxygen atoms in total. The highest BCUT2D eigenvalue weighted by molar-refractivity contribution is 5.94. The van der Waals surface area contributed by atoms with Crippen molar-refractivity contribution in [2.45, 2.75) is 20.3 Å². The lowest BCUT2D eigenvalue weighted by Gasteiger charge is -2.11. The number of halogens is 3. The van der Waals surface area contributed by atoms with Crippen LogP contribution in [0, 0.1) is 5.82 Å². The van der Waals surface area contributed by atoms with Crippen LogP contribution in [0.15, 0.2) is 12.1 Å². The lowest BCUT2D eigenvalue weighted by Crippen LogP contribution is -2.03. The van der Waals surface area contributed by atoms with E-state index < -0.39 is 23.6 Å². The van der Waals surface area contributed by atoms with Crippen molar-refractivity contribution in [1.82, 2.24) is 0 Å². The van der Waals surface area contributed by atoms with E-state index in [9.17, 15) is 18.0 Å². The van der Waals surface area contributed by atoms with Gasteiger partial charge in [0.1, 0.15) is 11.6 Å². The molecule has 0 spiro atoms. The highest BCUT2D eigenvalue weighted by Crippen LogP contribution is 2.31. The first kappa shape index (κ1) is 12.5. The van der Waals surface area contributed by atoms with Gasteiger partial charge in [-0.1, -0.05) is 0 Å². The normalized spacial score (nSPS) is 10.6. The molecule has 0 unspecified atom stereocenters. The van der Waals surface area contributed by atoms with E-state index in [1.807, 2.05) is 0 Å². The highest BCUT2D eigenvalue weighted by atomic mass is 19.3. The van der Waals surface area contributed by atoms with E-state index in [1.165, 1.54) is 0 Å². The van der Waals surface area contributed by atoms with Gasteiger partial charge in [0.2, 0.25) is 0 Å². The number of ether oxygens (including phenoxy) is 1. The number of hydrogen-bond acceptors (Lipinski definition) is 2. The molecule has 0 aromatic heterocycles. The monoisotopic (exact) mass is 232 g/mol. The second-order valence-corrected chi connectivity index (χ2v) is 3.16. The summed E-state index contributed by atoms with van der Waals surface area (Å²) in [6.45, 7) is 2.95. The molecule has 0 atom stereocenters. The van der Waals surface area contributed by atoms with Gasteiger partial charge in [-0.15, -0.1) is 0 Å². The fourth-order valence-electron chi connectivity index (χ4n) is 1.29. The molecule has 0 amide bonds. The summed E-state index contributed by atoms with van der Waals surface area (Å²) in [6, 6.07) is 1.66. The first-order valence-electron chi connectivity index (χ1n) is 4.72. The molecule has 0 aliphatic carbocycles. The Kier molecular flexibility index (Phi) is 3.93. The molecule has 0 bridgehead atoms. The van der Waals surface area contributed by atoms with Crippen LogP contribution in [0.4, 0.5) is 13.2 Å². The molecule has 1 aromatic carbocycles. The van der Waals surface area contributed by atoms with E-state index in [1.54, 1.807) is 6.92 Å². The molecule has 0 aliphatic rings. The van der Waals surface area contributed by atoms with Gasteiger partial charge in [-0.25, -0.2) is 13.2 Å². The van der Waals surface area contributed by atoms with Crippen LogP contribution < -0.4 is 4.74 Å². The maximum Gasteiger partial charge on any atom is 0.267 e. The number of benzene rings is 1. The Balaban J connectivity index is 3.31. The van der Waals surface area contributed by atoms with Crippen molar-refractivity contribution in [1.29, 1.82) is 0 Å². The van der Waals surface area contributed by atoms with Crippen LogP contribution in [-0.2, 0) is 0 Å². The van der Waals surface area contributed by atoms with Gasteiger partial charge in [-0.2, -0.15) is 0 Å². The van der Waals surface area contributed by atoms with Crippen LogP contribution in [0.1, 0.15) is 36.2 Å². The van der Waals surface area contributed by atoms with Crippen LogP contribution in [0.25, 0.3) is 0 Å². The molecular weight excluding hydrogens is 221 g/mol. The third kappa shape index (κ3) is 2.53. The second-order valence-electron chi connectivity index (χ2n) is 3.16. The van der Waals surface area contributed by atoms with Crippen LogP contribution in [0.3, 0.4) is 0 Å². The van der Waals surface area contributed by atoms with Crippen LogP contribution >= 0.6 is 0 Å². The van der Waals surface area contributed by atoms with E-state index >= 15 is 0 Å². The zero-order chi connectivity index (χ0) is 12.3. The van der Waals surface area contributed by atoms with Gasteiger partial charge in [0.15, 0.2) is 5.78 Å². The Morgan fingerprint density at radius 2 is 2.06 bits per heavy atom. The fraction of sp³-hybridized carbons (Fsp3) is 0.364. The zero-order valence-corrected chi connectivity index (χ0v) is 8.89. The van der Waals surface area contributed by atoms with Crippen molar-refractivity contribution in [2.75, 3.05) is 6.61 Å². The molecule has 16 heavy (non-hydrogen) atoms. The Morgan fingerprint density at radius 3 is 2.50 bits per heavy atom. The minimum atomic E-state index is -2.84. The lowest BCUT2D eigenvalue weighted by atomic mass is 10.1. The van der Waals surface area contributed by atoms with Crippen LogP contribution in [0.2, 0.25) is 0 Å². The van der Waals surface area contributed by atoms with Crippen molar-refractivity contribution >= 4 is 5.78 Å². The summed E-state index contributed by atoms with van der Waals surface area (Å²) in [4.78, 5) is 11.0. The van der Waals surface area contributed by atoms with E-state index in [-0.39, 0.29) is 17.9 Å². The average Bonchev–Trinajstić information content (AvgIpc) is 2.19. The quantitative estimate of drug-likeness (QED) is 0.744. The average molecular weight is 232 g/mol. The molecule has 0 fully saturated rings. The van der Waals surface area contributed by atoms with Crippen molar-refractivity contribution in [2.24, 2.45) is 0 Å². The summed E-state index contributed by atoms with van der Waals surface area (Å²) in [7, 11) is 0. The maximum absolute atomic E-state index is 13.3. The maximum atomic E-state index is 13.3. The number of carbonyl (C=O) groups excluding carboxylic acids is 1. The second kappa shape index (κ2) is 5.01. The number of ketones is 1.